The van der Waals surface area contributed by atoms with Gasteiger partial charge >= 0.3 is 12.2 Å². The second kappa shape index (κ2) is 15.9. The van der Waals surface area contributed by atoms with Crippen molar-refractivity contribution in [1.82, 2.24) is 40.4 Å². The molecule has 2 aliphatic heterocycles. The van der Waals surface area contributed by atoms with E-state index in [1.54, 1.807) is 17.3 Å². The lowest BCUT2D eigenvalue weighted by molar-refractivity contribution is -0.136. The maximum Gasteiger partial charge on any atom is 0.407 e. The highest BCUT2D eigenvalue weighted by Gasteiger charge is 2.38. The highest BCUT2D eigenvalue weighted by molar-refractivity contribution is 5.87. The summed E-state index contributed by atoms with van der Waals surface area (Å²) in [6.07, 6.45) is 4.97. The largest absolute Gasteiger partial charge is 0.465 e. The molecule has 0 aliphatic carbocycles. The molecule has 4 amide bonds. The summed E-state index contributed by atoms with van der Waals surface area (Å²) in [5.41, 5.74) is 5.57. The zero-order valence-corrected chi connectivity index (χ0v) is 30.8. The fourth-order valence-electron chi connectivity index (χ4n) is 7.35. The van der Waals surface area contributed by atoms with Gasteiger partial charge in [0.2, 0.25) is 11.8 Å². The Kier molecular flexibility index (Phi) is 11.2. The fraction of sp³-hybridized carbons (Fsp3) is 0.436. The lowest BCUT2D eigenvalue weighted by Crippen LogP contribution is -2.51. The number of carboxylic acid groups (broad SMARTS) is 1. The Bertz CT molecular complexity index is 1920. The highest BCUT2D eigenvalue weighted by atomic mass is 16.5. The predicted octanol–water partition coefficient (Wildman–Crippen LogP) is 6.13. The Hall–Kier alpha value is -5.66. The van der Waals surface area contributed by atoms with Crippen LogP contribution < -0.4 is 10.6 Å². The number of alkyl carbamates (subject to hydrolysis) is 1. The van der Waals surface area contributed by atoms with Gasteiger partial charge in [-0.15, -0.1) is 0 Å². The van der Waals surface area contributed by atoms with E-state index in [0.29, 0.717) is 24.7 Å². The van der Waals surface area contributed by atoms with Crippen molar-refractivity contribution in [2.75, 3.05) is 20.2 Å². The van der Waals surface area contributed by atoms with Crippen molar-refractivity contribution in [1.29, 1.82) is 0 Å². The summed E-state index contributed by atoms with van der Waals surface area (Å²) < 4.78 is 4.75. The zero-order valence-electron chi connectivity index (χ0n) is 30.8. The molecule has 14 heteroatoms. The Morgan fingerprint density at radius 1 is 0.698 bits per heavy atom. The SMILES string of the molecule is COC(=O)NC(C(=O)N1CCCC1c1cnc(-c2ccc(-c3ccc(-c4ncc(C5CCCN5C(=O)C(NC(=O)O)C(C)C)[nH]4)cc3)cc2)[nH]1)C(C)C. The van der Waals surface area contributed by atoms with Gasteiger partial charge in [0.1, 0.15) is 23.7 Å². The molecule has 2 fully saturated rings. The molecule has 2 saturated heterocycles. The van der Waals surface area contributed by atoms with Gasteiger partial charge in [-0.1, -0.05) is 76.2 Å². The van der Waals surface area contributed by atoms with E-state index in [1.165, 1.54) is 7.11 Å². The van der Waals surface area contributed by atoms with Gasteiger partial charge in [-0.2, -0.15) is 0 Å². The van der Waals surface area contributed by atoms with Crippen LogP contribution >= 0.6 is 0 Å². The van der Waals surface area contributed by atoms with E-state index in [1.807, 2.05) is 81.1 Å². The monoisotopic (exact) mass is 724 g/mol. The molecule has 4 aromatic rings. The summed E-state index contributed by atoms with van der Waals surface area (Å²) in [5, 5.41) is 14.3. The number of hydrogen-bond acceptors (Lipinski definition) is 7. The third-order valence-electron chi connectivity index (χ3n) is 10.2. The first-order valence-electron chi connectivity index (χ1n) is 18.2. The molecule has 0 bridgehead atoms. The fourth-order valence-corrected chi connectivity index (χ4v) is 7.35. The number of ether oxygens (including phenoxy) is 1. The van der Waals surface area contributed by atoms with Crippen molar-refractivity contribution in [2.45, 2.75) is 77.5 Å². The van der Waals surface area contributed by atoms with E-state index >= 15 is 0 Å². The summed E-state index contributed by atoms with van der Waals surface area (Å²) in [7, 11) is 1.29. The zero-order chi connectivity index (χ0) is 37.8. The summed E-state index contributed by atoms with van der Waals surface area (Å²) in [6.45, 7) is 8.63. The Balaban J connectivity index is 1.11. The number of rotatable bonds is 11. The Morgan fingerprint density at radius 2 is 1.09 bits per heavy atom. The molecule has 6 rings (SSSR count). The number of aromatic amines is 2. The van der Waals surface area contributed by atoms with Crippen molar-refractivity contribution in [3.8, 4) is 33.9 Å². The first-order chi connectivity index (χ1) is 25.4. The lowest BCUT2D eigenvalue weighted by Gasteiger charge is -2.30. The number of carbonyl (C=O) groups is 4. The third-order valence-corrected chi connectivity index (χ3v) is 10.2. The van der Waals surface area contributed by atoms with Gasteiger partial charge in [-0.25, -0.2) is 19.6 Å². The summed E-state index contributed by atoms with van der Waals surface area (Å²) in [5.74, 6) is 0.770. The molecule has 53 heavy (non-hydrogen) atoms. The maximum absolute atomic E-state index is 13.5. The Morgan fingerprint density at radius 3 is 1.47 bits per heavy atom. The summed E-state index contributed by atoms with van der Waals surface area (Å²) in [4.78, 5) is 69.8. The minimum atomic E-state index is -1.21. The van der Waals surface area contributed by atoms with Crippen molar-refractivity contribution >= 4 is 24.0 Å². The van der Waals surface area contributed by atoms with Crippen LogP contribution in [0.4, 0.5) is 9.59 Å². The first-order valence-corrected chi connectivity index (χ1v) is 18.2. The molecule has 4 atom stereocenters. The van der Waals surface area contributed by atoms with Crippen LogP contribution in [0.25, 0.3) is 33.9 Å². The topological polar surface area (TPSA) is 186 Å². The van der Waals surface area contributed by atoms with Crippen molar-refractivity contribution in [2.24, 2.45) is 11.8 Å². The van der Waals surface area contributed by atoms with E-state index in [2.05, 4.69) is 30.6 Å². The van der Waals surface area contributed by atoms with Crippen LogP contribution in [-0.4, -0.2) is 91.1 Å². The van der Waals surface area contributed by atoms with E-state index < -0.39 is 24.3 Å². The normalized spacial score (nSPS) is 18.3. The van der Waals surface area contributed by atoms with Crippen molar-refractivity contribution < 1.29 is 29.0 Å². The number of amides is 4. The highest BCUT2D eigenvalue weighted by Crippen LogP contribution is 2.35. The van der Waals surface area contributed by atoms with Gasteiger partial charge in [0, 0.05) is 24.2 Å². The molecule has 280 valence electrons. The molecule has 0 spiro atoms. The van der Waals surface area contributed by atoms with Gasteiger partial charge in [-0.05, 0) is 48.6 Å². The average molecular weight is 725 g/mol. The lowest BCUT2D eigenvalue weighted by atomic mass is 10.0. The van der Waals surface area contributed by atoms with E-state index in [0.717, 1.165) is 59.3 Å². The standard InChI is InChI=1S/C39H48N8O6/c1-22(2)32(44-38(50)51)36(48)46-18-6-8-30(46)28-20-40-34(42-28)26-14-10-24(11-15-26)25-12-16-27(17-13-25)35-41-21-29(43-35)31-9-7-19-47(31)37(49)33(23(3)4)45-39(52)53-5/h10-17,20-23,30-33,44H,6-9,18-19H2,1-5H3,(H,40,42)(H,41,43)(H,45,52)(H,50,51). The second-order valence-electron chi connectivity index (χ2n) is 14.4. The number of imidazole rings is 2. The number of aromatic nitrogens is 4. The van der Waals surface area contributed by atoms with Crippen LogP contribution in [0.5, 0.6) is 0 Å². The number of hydrogen-bond donors (Lipinski definition) is 5. The maximum atomic E-state index is 13.5. The molecule has 0 saturated carbocycles. The van der Waals surface area contributed by atoms with Gasteiger partial charge in [0.05, 0.1) is 43.0 Å². The van der Waals surface area contributed by atoms with Gasteiger partial charge in [0.15, 0.2) is 0 Å². The van der Waals surface area contributed by atoms with Crippen molar-refractivity contribution in [3.63, 3.8) is 0 Å². The quantitative estimate of drug-likeness (QED) is 0.122. The summed E-state index contributed by atoms with van der Waals surface area (Å²) in [6, 6.07) is 14.4. The van der Waals surface area contributed by atoms with Gasteiger partial charge in [0.25, 0.3) is 0 Å². The average Bonchev–Trinajstić information content (AvgIpc) is 3.98. The van der Waals surface area contributed by atoms with Crippen LogP contribution in [0, 0.1) is 11.8 Å². The molecule has 4 heterocycles. The minimum Gasteiger partial charge on any atom is -0.465 e. The summed E-state index contributed by atoms with van der Waals surface area (Å²) >= 11 is 0. The van der Waals surface area contributed by atoms with Gasteiger partial charge in [-0.3, -0.25) is 9.59 Å². The third kappa shape index (κ3) is 8.06. The minimum absolute atomic E-state index is 0.102. The number of H-pyrrole nitrogens is 2. The smallest absolute Gasteiger partial charge is 0.407 e. The van der Waals surface area contributed by atoms with E-state index in [-0.39, 0.29) is 35.7 Å². The molecule has 5 N–H and O–H groups in total. The number of benzene rings is 2. The van der Waals surface area contributed by atoms with E-state index in [9.17, 15) is 24.3 Å². The number of nitrogens with zero attached hydrogens (tertiary/aromatic N) is 4. The Labute approximate surface area is 308 Å². The molecule has 2 aromatic carbocycles. The molecular formula is C39H48N8O6. The van der Waals surface area contributed by atoms with Crippen LogP contribution in [0.2, 0.25) is 0 Å². The predicted molar refractivity (Wildman–Crippen MR) is 198 cm³/mol. The number of carbonyl (C=O) groups excluding carboxylic acids is 3. The molecule has 2 aromatic heterocycles. The number of methoxy groups -OCH3 is 1. The van der Waals surface area contributed by atoms with Crippen LogP contribution in [0.1, 0.15) is 76.8 Å². The number of nitrogens with one attached hydrogen (secondary N) is 4. The number of likely N-dealkylation sites (tertiary alicyclic amines) is 2. The van der Waals surface area contributed by atoms with Crippen molar-refractivity contribution in [3.05, 3.63) is 72.3 Å². The molecular weight excluding hydrogens is 676 g/mol. The van der Waals surface area contributed by atoms with Crippen LogP contribution in [0.15, 0.2) is 60.9 Å². The molecule has 4 unspecified atom stereocenters. The van der Waals surface area contributed by atoms with E-state index in [4.69, 9.17) is 4.74 Å². The second-order valence-corrected chi connectivity index (χ2v) is 14.4. The molecule has 14 nitrogen and oxygen atoms in total. The first kappa shape index (κ1) is 37.1. The molecule has 2 aliphatic rings. The van der Waals surface area contributed by atoms with Crippen LogP contribution in [0.3, 0.4) is 0 Å². The van der Waals surface area contributed by atoms with Gasteiger partial charge < -0.3 is 40.2 Å². The molecule has 0 radical (unpaired) electrons. The van der Waals surface area contributed by atoms with Crippen LogP contribution in [-0.2, 0) is 14.3 Å².